The van der Waals surface area contributed by atoms with Crippen molar-refractivity contribution in [2.24, 2.45) is 0 Å². The molecule has 0 saturated heterocycles. The van der Waals surface area contributed by atoms with Crippen LogP contribution in [-0.4, -0.2) is 25.5 Å². The summed E-state index contributed by atoms with van der Waals surface area (Å²) in [5, 5.41) is 0. The predicted molar refractivity (Wildman–Crippen MR) is 110 cm³/mol. The molecule has 0 heterocycles. The van der Waals surface area contributed by atoms with Crippen molar-refractivity contribution in [3.63, 3.8) is 0 Å². The molecule has 0 aromatic heterocycles. The molecule has 0 bridgehead atoms. The van der Waals surface area contributed by atoms with E-state index >= 15 is 0 Å². The van der Waals surface area contributed by atoms with Crippen molar-refractivity contribution in [3.8, 4) is 11.5 Å². The van der Waals surface area contributed by atoms with Crippen LogP contribution in [-0.2, 0) is 9.59 Å². The number of aryl methyl sites for hydroxylation is 1. The second-order valence-corrected chi connectivity index (χ2v) is 7.24. The molecular weight excluding hydrogens is 480 g/mol. The Morgan fingerprint density at radius 3 is 2.44 bits per heavy atom. The molecule has 6 nitrogen and oxygen atoms in total. The van der Waals surface area contributed by atoms with Gasteiger partial charge in [0, 0.05) is 10.5 Å². The zero-order valence-corrected chi connectivity index (χ0v) is 17.9. The Balaban J connectivity index is 1.79. The molecule has 27 heavy (non-hydrogen) atoms. The van der Waals surface area contributed by atoms with Crippen LogP contribution < -0.4 is 20.3 Å². The molecule has 0 saturated carbocycles. The smallest absolute Gasteiger partial charge is 0.276 e. The van der Waals surface area contributed by atoms with Crippen LogP contribution in [0.5, 0.6) is 11.5 Å². The number of hydrazine groups is 1. The lowest BCUT2D eigenvalue weighted by atomic mass is 10.2. The van der Waals surface area contributed by atoms with Gasteiger partial charge in [-0.2, -0.15) is 0 Å². The van der Waals surface area contributed by atoms with Crippen LogP contribution in [0.1, 0.15) is 11.1 Å². The molecule has 0 fully saturated rings. The van der Waals surface area contributed by atoms with E-state index in [1.807, 2.05) is 31.2 Å². The number of nitrogens with one attached hydrogen (secondary N) is 2. The molecule has 2 aromatic carbocycles. The number of carbonyl (C=O) groups is 2. The number of hydrogen-bond donors (Lipinski definition) is 2. The van der Waals surface area contributed by atoms with Gasteiger partial charge in [-0.1, -0.05) is 28.1 Å². The maximum atomic E-state index is 11.8. The van der Waals surface area contributed by atoms with Gasteiger partial charge in [0.25, 0.3) is 11.8 Å². The minimum Gasteiger partial charge on any atom is -0.497 e. The minimum atomic E-state index is -0.476. The molecule has 8 heteroatoms. The van der Waals surface area contributed by atoms with Crippen LogP contribution in [0.2, 0.25) is 0 Å². The highest BCUT2D eigenvalue weighted by Crippen LogP contribution is 2.32. The standard InChI is InChI=1S/C19H18Br2N2O4/c1-12-9-14(20)10-16(21)19(12)27-11-18(25)23-22-17(24)8-5-13-3-6-15(26-2)7-4-13/h3-10H,11H2,1-2H3,(H,22,24)(H,23,25)/b8-5+. The SMILES string of the molecule is COc1ccc(/C=C/C(=O)NNC(=O)COc2c(C)cc(Br)cc2Br)cc1. The van der Waals surface area contributed by atoms with Crippen LogP contribution in [0, 0.1) is 6.92 Å². The summed E-state index contributed by atoms with van der Waals surface area (Å²) in [5.74, 6) is 0.367. The van der Waals surface area contributed by atoms with Gasteiger partial charge in [-0.05, 0) is 64.3 Å². The van der Waals surface area contributed by atoms with Crippen LogP contribution in [0.3, 0.4) is 0 Å². The van der Waals surface area contributed by atoms with E-state index < -0.39 is 11.8 Å². The maximum Gasteiger partial charge on any atom is 0.276 e. The van der Waals surface area contributed by atoms with E-state index in [1.165, 1.54) is 6.08 Å². The van der Waals surface area contributed by atoms with Crippen LogP contribution in [0.25, 0.3) is 6.08 Å². The fourth-order valence-electron chi connectivity index (χ4n) is 2.11. The van der Waals surface area contributed by atoms with Gasteiger partial charge < -0.3 is 9.47 Å². The lowest BCUT2D eigenvalue weighted by Gasteiger charge is -2.12. The quantitative estimate of drug-likeness (QED) is 0.470. The summed E-state index contributed by atoms with van der Waals surface area (Å²) < 4.78 is 12.2. The first-order valence-electron chi connectivity index (χ1n) is 7.88. The minimum absolute atomic E-state index is 0.233. The zero-order chi connectivity index (χ0) is 19.8. The molecule has 2 aromatic rings. The van der Waals surface area contributed by atoms with Crippen molar-refractivity contribution in [3.05, 3.63) is 62.5 Å². The highest BCUT2D eigenvalue weighted by molar-refractivity contribution is 9.11. The summed E-state index contributed by atoms with van der Waals surface area (Å²) in [5.41, 5.74) is 6.30. The molecule has 0 radical (unpaired) electrons. The third kappa shape index (κ3) is 6.73. The van der Waals surface area contributed by atoms with E-state index in [1.54, 1.807) is 25.3 Å². The Morgan fingerprint density at radius 2 is 1.81 bits per heavy atom. The molecule has 0 aliphatic heterocycles. The largest absolute Gasteiger partial charge is 0.497 e. The average molecular weight is 498 g/mol. The van der Waals surface area contributed by atoms with E-state index in [4.69, 9.17) is 9.47 Å². The van der Waals surface area contributed by atoms with Crippen molar-refractivity contribution in [1.82, 2.24) is 10.9 Å². The molecular formula is C19H18Br2N2O4. The number of carbonyl (C=O) groups excluding carboxylic acids is 2. The van der Waals surface area contributed by atoms with E-state index in [0.29, 0.717) is 5.75 Å². The topological polar surface area (TPSA) is 76.7 Å². The van der Waals surface area contributed by atoms with Crippen molar-refractivity contribution >= 4 is 49.8 Å². The molecule has 142 valence electrons. The summed E-state index contributed by atoms with van der Waals surface area (Å²) in [6.45, 7) is 1.64. The molecule has 2 rings (SSSR count). The molecule has 0 aliphatic carbocycles. The van der Waals surface area contributed by atoms with Gasteiger partial charge in [0.2, 0.25) is 0 Å². The molecule has 2 N–H and O–H groups in total. The van der Waals surface area contributed by atoms with Gasteiger partial charge in [0.1, 0.15) is 11.5 Å². The first kappa shape index (κ1) is 21.0. The van der Waals surface area contributed by atoms with Gasteiger partial charge in [-0.3, -0.25) is 20.4 Å². The second kappa shape index (κ2) is 10.1. The fourth-order valence-corrected chi connectivity index (χ4v) is 3.66. The van der Waals surface area contributed by atoms with Gasteiger partial charge >= 0.3 is 0 Å². The Labute approximate surface area is 174 Å². The summed E-state index contributed by atoms with van der Waals surface area (Å²) in [6.07, 6.45) is 2.94. The Hall–Kier alpha value is -2.32. The van der Waals surface area contributed by atoms with Gasteiger partial charge in [0.05, 0.1) is 11.6 Å². The van der Waals surface area contributed by atoms with E-state index in [9.17, 15) is 9.59 Å². The second-order valence-electron chi connectivity index (χ2n) is 5.47. The van der Waals surface area contributed by atoms with Crippen molar-refractivity contribution < 1.29 is 19.1 Å². The van der Waals surface area contributed by atoms with Crippen molar-refractivity contribution in [2.75, 3.05) is 13.7 Å². The Kier molecular flexibility index (Phi) is 7.87. The highest BCUT2D eigenvalue weighted by atomic mass is 79.9. The molecule has 0 unspecified atom stereocenters. The van der Waals surface area contributed by atoms with E-state index in [-0.39, 0.29) is 6.61 Å². The summed E-state index contributed by atoms with van der Waals surface area (Å²) in [4.78, 5) is 23.6. The number of hydrogen-bond acceptors (Lipinski definition) is 4. The number of ether oxygens (including phenoxy) is 2. The number of amides is 2. The maximum absolute atomic E-state index is 11.8. The third-order valence-corrected chi connectivity index (χ3v) is 4.46. The summed E-state index contributed by atoms with van der Waals surface area (Å²) >= 11 is 6.77. The zero-order valence-electron chi connectivity index (χ0n) is 14.7. The first-order chi connectivity index (χ1) is 12.9. The van der Waals surface area contributed by atoms with Crippen LogP contribution in [0.15, 0.2) is 51.4 Å². The number of halogens is 2. The lowest BCUT2D eigenvalue weighted by Crippen LogP contribution is -2.43. The number of methoxy groups -OCH3 is 1. The van der Waals surface area contributed by atoms with Crippen molar-refractivity contribution in [2.45, 2.75) is 6.92 Å². The van der Waals surface area contributed by atoms with Gasteiger partial charge in [-0.15, -0.1) is 0 Å². The summed E-state index contributed by atoms with van der Waals surface area (Å²) in [7, 11) is 1.58. The average Bonchev–Trinajstić information content (AvgIpc) is 2.64. The van der Waals surface area contributed by atoms with E-state index in [0.717, 1.165) is 25.8 Å². The highest BCUT2D eigenvalue weighted by Gasteiger charge is 2.10. The summed E-state index contributed by atoms with van der Waals surface area (Å²) in [6, 6.07) is 10.9. The van der Waals surface area contributed by atoms with Crippen LogP contribution in [0.4, 0.5) is 0 Å². The van der Waals surface area contributed by atoms with Crippen molar-refractivity contribution in [1.29, 1.82) is 0 Å². The van der Waals surface area contributed by atoms with Gasteiger partial charge in [-0.25, -0.2) is 0 Å². The Morgan fingerprint density at radius 1 is 1.11 bits per heavy atom. The normalized spacial score (nSPS) is 10.5. The number of rotatable bonds is 6. The Bertz CT molecular complexity index is 828. The fraction of sp³-hybridized carbons (Fsp3) is 0.158. The predicted octanol–water partition coefficient (Wildman–Crippen LogP) is 3.77. The lowest BCUT2D eigenvalue weighted by molar-refractivity contribution is -0.128. The van der Waals surface area contributed by atoms with Gasteiger partial charge in [0.15, 0.2) is 6.61 Å². The molecule has 0 atom stereocenters. The number of benzene rings is 2. The van der Waals surface area contributed by atoms with Crippen LogP contribution >= 0.6 is 31.9 Å². The molecule has 0 spiro atoms. The third-order valence-electron chi connectivity index (χ3n) is 3.41. The molecule has 2 amide bonds. The monoisotopic (exact) mass is 496 g/mol. The van der Waals surface area contributed by atoms with E-state index in [2.05, 4.69) is 42.7 Å². The molecule has 0 aliphatic rings. The first-order valence-corrected chi connectivity index (χ1v) is 9.47.